The zero-order valence-electron chi connectivity index (χ0n) is 15.6. The molecule has 1 aromatic rings. The Kier molecular flexibility index (Phi) is 6.50. The maximum Gasteiger partial charge on any atom is 0.246 e. The minimum absolute atomic E-state index is 0.0113. The molecule has 2 aliphatic rings. The number of allylic oxidation sites excluding steroid dienone is 3. The van der Waals surface area contributed by atoms with E-state index >= 15 is 0 Å². The number of carbonyl (C=O) groups is 1. The number of carbonyl (C=O) groups excluding carboxylic acids is 1. The van der Waals surface area contributed by atoms with Gasteiger partial charge in [0.1, 0.15) is 11.7 Å². The molecule has 1 aliphatic carbocycles. The first-order chi connectivity index (χ1) is 13.1. The molecule has 2 atom stereocenters. The standard InChI is InChI=1S/C21H24ClNO4/c1-25-19-15-16(3-8-20(24)23-11-13-27-14-12-23)9-10-21(19,26-2)17-4-6-18(22)7-5-17/h3-10,15,19H,11-14H2,1-2H3. The van der Waals surface area contributed by atoms with E-state index in [1.165, 1.54) is 0 Å². The summed E-state index contributed by atoms with van der Waals surface area (Å²) < 4.78 is 16.8. The molecule has 0 spiro atoms. The Hall–Kier alpha value is -1.92. The molecule has 1 amide bonds. The molecule has 1 aliphatic heterocycles. The van der Waals surface area contributed by atoms with E-state index in [0.29, 0.717) is 31.3 Å². The number of amides is 1. The van der Waals surface area contributed by atoms with Gasteiger partial charge in [0.15, 0.2) is 0 Å². The van der Waals surface area contributed by atoms with E-state index in [9.17, 15) is 4.79 Å². The average Bonchev–Trinajstić information content (AvgIpc) is 2.73. The topological polar surface area (TPSA) is 48.0 Å². The van der Waals surface area contributed by atoms with Crippen molar-refractivity contribution in [2.45, 2.75) is 11.7 Å². The Bertz CT molecular complexity index is 750. The van der Waals surface area contributed by atoms with Gasteiger partial charge in [-0.2, -0.15) is 0 Å². The Balaban J connectivity index is 1.78. The van der Waals surface area contributed by atoms with Crippen LogP contribution >= 0.6 is 11.6 Å². The van der Waals surface area contributed by atoms with Crippen molar-refractivity contribution in [3.05, 3.63) is 70.8 Å². The lowest BCUT2D eigenvalue weighted by Gasteiger charge is -2.37. The predicted octanol–water partition coefficient (Wildman–Crippen LogP) is 3.11. The summed E-state index contributed by atoms with van der Waals surface area (Å²) in [4.78, 5) is 14.1. The molecule has 5 nitrogen and oxygen atoms in total. The fraction of sp³-hybridized carbons (Fsp3) is 0.381. The predicted molar refractivity (Wildman–Crippen MR) is 105 cm³/mol. The number of hydrogen-bond donors (Lipinski definition) is 0. The second-order valence-corrected chi connectivity index (χ2v) is 6.87. The van der Waals surface area contributed by atoms with Crippen LogP contribution in [-0.2, 0) is 24.6 Å². The van der Waals surface area contributed by atoms with Gasteiger partial charge in [-0.3, -0.25) is 4.79 Å². The fourth-order valence-electron chi connectivity index (χ4n) is 3.35. The number of rotatable bonds is 5. The molecule has 0 N–H and O–H groups in total. The van der Waals surface area contributed by atoms with Crippen molar-refractivity contribution in [1.82, 2.24) is 4.90 Å². The molecule has 27 heavy (non-hydrogen) atoms. The number of ether oxygens (including phenoxy) is 3. The van der Waals surface area contributed by atoms with E-state index in [1.807, 2.05) is 48.6 Å². The van der Waals surface area contributed by atoms with Gasteiger partial charge in [0, 0.05) is 38.4 Å². The molecular formula is C21H24ClNO4. The molecule has 1 aromatic carbocycles. The van der Waals surface area contributed by atoms with Crippen LogP contribution < -0.4 is 0 Å². The second kappa shape index (κ2) is 8.85. The fourth-order valence-corrected chi connectivity index (χ4v) is 3.48. The first-order valence-electron chi connectivity index (χ1n) is 8.89. The van der Waals surface area contributed by atoms with E-state index in [4.69, 9.17) is 25.8 Å². The third-order valence-corrected chi connectivity index (χ3v) is 5.17. The van der Waals surface area contributed by atoms with Crippen LogP contribution in [0.4, 0.5) is 0 Å². The van der Waals surface area contributed by atoms with Crippen LogP contribution in [0.25, 0.3) is 0 Å². The zero-order chi connectivity index (χ0) is 19.3. The molecular weight excluding hydrogens is 366 g/mol. The molecule has 1 fully saturated rings. The highest BCUT2D eigenvalue weighted by atomic mass is 35.5. The third-order valence-electron chi connectivity index (χ3n) is 4.92. The highest BCUT2D eigenvalue weighted by Gasteiger charge is 2.39. The number of benzene rings is 1. The highest BCUT2D eigenvalue weighted by Crippen LogP contribution is 2.37. The van der Waals surface area contributed by atoms with Crippen LogP contribution in [0.3, 0.4) is 0 Å². The average molecular weight is 390 g/mol. The van der Waals surface area contributed by atoms with Crippen molar-refractivity contribution in [3.63, 3.8) is 0 Å². The smallest absolute Gasteiger partial charge is 0.246 e. The van der Waals surface area contributed by atoms with Gasteiger partial charge in [0.05, 0.1) is 13.2 Å². The van der Waals surface area contributed by atoms with Gasteiger partial charge in [0.25, 0.3) is 0 Å². The van der Waals surface area contributed by atoms with Crippen LogP contribution in [-0.4, -0.2) is 57.4 Å². The zero-order valence-corrected chi connectivity index (χ0v) is 16.3. The number of methoxy groups -OCH3 is 2. The summed E-state index contributed by atoms with van der Waals surface area (Å²) in [6.45, 7) is 2.43. The molecule has 0 bridgehead atoms. The van der Waals surface area contributed by atoms with Crippen molar-refractivity contribution in [2.24, 2.45) is 0 Å². The van der Waals surface area contributed by atoms with Gasteiger partial charge in [-0.1, -0.05) is 29.8 Å². The first-order valence-corrected chi connectivity index (χ1v) is 9.26. The molecule has 0 radical (unpaired) electrons. The molecule has 144 valence electrons. The summed E-state index contributed by atoms with van der Waals surface area (Å²) in [6.07, 6.45) is 8.92. The number of nitrogens with zero attached hydrogens (tertiary/aromatic N) is 1. The van der Waals surface area contributed by atoms with Gasteiger partial charge < -0.3 is 19.1 Å². The lowest BCUT2D eigenvalue weighted by molar-refractivity contribution is -0.129. The van der Waals surface area contributed by atoms with Crippen molar-refractivity contribution in [2.75, 3.05) is 40.5 Å². The molecule has 3 rings (SSSR count). The van der Waals surface area contributed by atoms with Crippen LogP contribution in [0.2, 0.25) is 5.02 Å². The third kappa shape index (κ3) is 4.33. The van der Waals surface area contributed by atoms with E-state index < -0.39 is 5.60 Å². The van der Waals surface area contributed by atoms with E-state index in [0.717, 1.165) is 11.1 Å². The maximum absolute atomic E-state index is 12.3. The normalized spacial score (nSPS) is 25.7. The van der Waals surface area contributed by atoms with Crippen LogP contribution in [0, 0.1) is 0 Å². The van der Waals surface area contributed by atoms with Crippen molar-refractivity contribution < 1.29 is 19.0 Å². The Morgan fingerprint density at radius 1 is 1.26 bits per heavy atom. The van der Waals surface area contributed by atoms with Crippen molar-refractivity contribution >= 4 is 17.5 Å². The minimum atomic E-state index is -0.745. The van der Waals surface area contributed by atoms with Crippen molar-refractivity contribution in [3.8, 4) is 0 Å². The summed E-state index contributed by atoms with van der Waals surface area (Å²) in [5.41, 5.74) is 1.09. The first kappa shape index (κ1) is 19.8. The van der Waals surface area contributed by atoms with Gasteiger partial charge in [0.2, 0.25) is 5.91 Å². The van der Waals surface area contributed by atoms with E-state index in [2.05, 4.69) is 0 Å². The summed E-state index contributed by atoms with van der Waals surface area (Å²) in [5, 5.41) is 0.666. The van der Waals surface area contributed by atoms with Crippen LogP contribution in [0.5, 0.6) is 0 Å². The molecule has 2 unspecified atom stereocenters. The number of morpholine rings is 1. The molecule has 0 aromatic heterocycles. The lowest BCUT2D eigenvalue weighted by Crippen LogP contribution is -2.41. The summed E-state index contributed by atoms with van der Waals surface area (Å²) in [5.74, 6) is -0.0113. The van der Waals surface area contributed by atoms with Crippen LogP contribution in [0.1, 0.15) is 5.56 Å². The van der Waals surface area contributed by atoms with E-state index in [-0.39, 0.29) is 12.0 Å². The largest absolute Gasteiger partial charge is 0.378 e. The van der Waals surface area contributed by atoms with Gasteiger partial charge in [-0.05, 0) is 41.5 Å². The Morgan fingerprint density at radius 3 is 2.59 bits per heavy atom. The van der Waals surface area contributed by atoms with Gasteiger partial charge in [-0.25, -0.2) is 0 Å². The molecule has 1 heterocycles. The summed E-state index contributed by atoms with van der Waals surface area (Å²) >= 11 is 6.01. The van der Waals surface area contributed by atoms with Crippen molar-refractivity contribution in [1.29, 1.82) is 0 Å². The SMILES string of the molecule is COC1C=C(C=CC(=O)N2CCOCC2)C=CC1(OC)c1ccc(Cl)cc1. The lowest BCUT2D eigenvalue weighted by atomic mass is 9.82. The number of halogens is 1. The Morgan fingerprint density at radius 2 is 1.96 bits per heavy atom. The number of hydrogen-bond acceptors (Lipinski definition) is 4. The quantitative estimate of drug-likeness (QED) is 0.726. The monoisotopic (exact) mass is 389 g/mol. The molecule has 6 heteroatoms. The highest BCUT2D eigenvalue weighted by molar-refractivity contribution is 6.30. The van der Waals surface area contributed by atoms with E-state index in [1.54, 1.807) is 25.2 Å². The van der Waals surface area contributed by atoms with Gasteiger partial charge >= 0.3 is 0 Å². The molecule has 1 saturated heterocycles. The summed E-state index contributed by atoms with van der Waals surface area (Å²) in [6, 6.07) is 7.52. The summed E-state index contributed by atoms with van der Waals surface area (Å²) in [7, 11) is 3.30. The van der Waals surface area contributed by atoms with Crippen LogP contribution in [0.15, 0.2) is 60.2 Å². The minimum Gasteiger partial charge on any atom is -0.378 e. The maximum atomic E-state index is 12.3. The Labute approximate surface area is 164 Å². The molecule has 0 saturated carbocycles. The van der Waals surface area contributed by atoms with Gasteiger partial charge in [-0.15, -0.1) is 0 Å². The second-order valence-electron chi connectivity index (χ2n) is 6.43.